The fourth-order valence-corrected chi connectivity index (χ4v) is 1.73. The number of rotatable bonds is 6. The summed E-state index contributed by atoms with van der Waals surface area (Å²) < 4.78 is 4.86. The third-order valence-corrected chi connectivity index (χ3v) is 2.84. The maximum absolute atomic E-state index is 11.4. The number of ether oxygens (including phenoxy) is 1. The lowest BCUT2D eigenvalue weighted by atomic mass is 10.3. The Bertz CT molecular complexity index is 449. The van der Waals surface area contributed by atoms with Crippen molar-refractivity contribution in [2.45, 2.75) is 0 Å². The average Bonchev–Trinajstić information content (AvgIpc) is 2.28. The molecule has 7 heteroatoms. The number of benzene rings is 1. The molecular weight excluding hydrogens is 258 g/mol. The number of hydrogen-bond donors (Lipinski definition) is 3. The van der Waals surface area contributed by atoms with Crippen LogP contribution in [-0.2, 0) is 9.59 Å². The molecule has 0 unspecified atom stereocenters. The number of nitrogens with one attached hydrogen (secondary N) is 1. The van der Waals surface area contributed by atoms with E-state index in [0.717, 1.165) is 11.8 Å². The fourth-order valence-electron chi connectivity index (χ4n) is 1.20. The van der Waals surface area contributed by atoms with E-state index in [2.05, 4.69) is 5.32 Å². The quantitative estimate of drug-likeness (QED) is 0.718. The number of amides is 1. The van der Waals surface area contributed by atoms with E-state index < -0.39 is 5.97 Å². The lowest BCUT2D eigenvalue weighted by Gasteiger charge is -2.07. The zero-order valence-corrected chi connectivity index (χ0v) is 10.5. The van der Waals surface area contributed by atoms with Gasteiger partial charge in [-0.25, -0.2) is 0 Å². The van der Waals surface area contributed by atoms with Gasteiger partial charge in [0, 0.05) is 11.8 Å². The van der Waals surface area contributed by atoms with Crippen LogP contribution in [0.5, 0.6) is 11.5 Å². The van der Waals surface area contributed by atoms with Gasteiger partial charge in [-0.15, -0.1) is 11.8 Å². The molecule has 1 rings (SSSR count). The summed E-state index contributed by atoms with van der Waals surface area (Å²) in [6.07, 6.45) is 0. The number of hydrogen-bond acceptors (Lipinski definition) is 5. The predicted molar refractivity (Wildman–Crippen MR) is 68.2 cm³/mol. The molecule has 0 atom stereocenters. The maximum atomic E-state index is 11.4. The third-order valence-electron chi connectivity index (χ3n) is 1.92. The second-order valence-electron chi connectivity index (χ2n) is 3.32. The molecule has 0 aliphatic carbocycles. The van der Waals surface area contributed by atoms with Crippen molar-refractivity contribution in [3.8, 4) is 11.5 Å². The Kier molecular flexibility index (Phi) is 5.31. The van der Waals surface area contributed by atoms with Crippen molar-refractivity contribution in [1.82, 2.24) is 0 Å². The second-order valence-corrected chi connectivity index (χ2v) is 4.31. The van der Waals surface area contributed by atoms with Gasteiger partial charge < -0.3 is 20.3 Å². The number of phenols is 1. The van der Waals surface area contributed by atoms with E-state index in [1.807, 2.05) is 0 Å². The van der Waals surface area contributed by atoms with Crippen LogP contribution >= 0.6 is 11.8 Å². The van der Waals surface area contributed by atoms with Crippen LogP contribution < -0.4 is 10.1 Å². The minimum absolute atomic E-state index is 0.0408. The molecule has 0 aliphatic heterocycles. The maximum Gasteiger partial charge on any atom is 0.313 e. The first kappa shape index (κ1) is 14.2. The molecule has 1 aromatic carbocycles. The van der Waals surface area contributed by atoms with E-state index >= 15 is 0 Å². The van der Waals surface area contributed by atoms with E-state index in [4.69, 9.17) is 9.84 Å². The van der Waals surface area contributed by atoms with Gasteiger partial charge in [0.1, 0.15) is 0 Å². The second kappa shape index (κ2) is 6.75. The van der Waals surface area contributed by atoms with E-state index in [1.165, 1.54) is 19.2 Å². The van der Waals surface area contributed by atoms with Gasteiger partial charge in [0.15, 0.2) is 11.5 Å². The minimum Gasteiger partial charge on any atom is -0.504 e. The third kappa shape index (κ3) is 4.54. The Hall–Kier alpha value is -1.89. The first-order valence-corrected chi connectivity index (χ1v) is 6.15. The van der Waals surface area contributed by atoms with E-state index in [-0.39, 0.29) is 23.2 Å². The van der Waals surface area contributed by atoms with Crippen LogP contribution in [0.25, 0.3) is 0 Å². The number of carboxylic acids is 1. The predicted octanol–water partition coefficient (Wildman–Crippen LogP) is 1.16. The summed E-state index contributed by atoms with van der Waals surface area (Å²) in [4.78, 5) is 21.7. The topological polar surface area (TPSA) is 95.9 Å². The van der Waals surface area contributed by atoms with Crippen molar-refractivity contribution < 1.29 is 24.5 Å². The molecule has 0 saturated carbocycles. The summed E-state index contributed by atoms with van der Waals surface area (Å²) in [7, 11) is 1.43. The normalized spacial score (nSPS) is 9.83. The zero-order chi connectivity index (χ0) is 13.5. The van der Waals surface area contributed by atoms with Gasteiger partial charge in [0.25, 0.3) is 0 Å². The van der Waals surface area contributed by atoms with Crippen molar-refractivity contribution >= 4 is 29.3 Å². The molecule has 0 fully saturated rings. The van der Waals surface area contributed by atoms with Gasteiger partial charge in [-0.2, -0.15) is 0 Å². The highest BCUT2D eigenvalue weighted by molar-refractivity contribution is 8.00. The van der Waals surface area contributed by atoms with Crippen LogP contribution in [0.1, 0.15) is 0 Å². The highest BCUT2D eigenvalue weighted by Crippen LogP contribution is 2.28. The lowest BCUT2D eigenvalue weighted by molar-refractivity contribution is -0.133. The van der Waals surface area contributed by atoms with E-state index in [9.17, 15) is 14.7 Å². The van der Waals surface area contributed by atoms with Crippen molar-refractivity contribution in [1.29, 1.82) is 0 Å². The van der Waals surface area contributed by atoms with Crippen LogP contribution in [0, 0.1) is 0 Å². The number of carbonyl (C=O) groups excluding carboxylic acids is 1. The molecule has 0 bridgehead atoms. The number of anilines is 1. The smallest absolute Gasteiger partial charge is 0.313 e. The lowest BCUT2D eigenvalue weighted by Crippen LogP contribution is -2.15. The molecular formula is C11H13NO5S. The number of carboxylic acid groups (broad SMARTS) is 1. The minimum atomic E-state index is -0.963. The number of methoxy groups -OCH3 is 1. The molecule has 1 amide bonds. The Morgan fingerprint density at radius 3 is 2.67 bits per heavy atom. The van der Waals surface area contributed by atoms with Gasteiger partial charge in [0.05, 0.1) is 18.6 Å². The largest absolute Gasteiger partial charge is 0.504 e. The van der Waals surface area contributed by atoms with Gasteiger partial charge >= 0.3 is 5.97 Å². The highest BCUT2D eigenvalue weighted by atomic mass is 32.2. The number of thioether (sulfide) groups is 1. The summed E-state index contributed by atoms with van der Waals surface area (Å²) in [5.74, 6) is -1.14. The summed E-state index contributed by atoms with van der Waals surface area (Å²) in [6, 6.07) is 4.46. The first-order valence-electron chi connectivity index (χ1n) is 4.99. The molecule has 18 heavy (non-hydrogen) atoms. The molecule has 6 nitrogen and oxygen atoms in total. The van der Waals surface area contributed by atoms with Crippen LogP contribution in [0.3, 0.4) is 0 Å². The van der Waals surface area contributed by atoms with Gasteiger partial charge in [-0.05, 0) is 12.1 Å². The van der Waals surface area contributed by atoms with Gasteiger partial charge in [0.2, 0.25) is 5.91 Å². The highest BCUT2D eigenvalue weighted by Gasteiger charge is 2.07. The molecule has 98 valence electrons. The molecule has 0 aromatic heterocycles. The Balaban J connectivity index is 2.49. The molecule has 3 N–H and O–H groups in total. The van der Waals surface area contributed by atoms with Crippen LogP contribution in [0.4, 0.5) is 5.69 Å². The molecule has 0 aliphatic rings. The van der Waals surface area contributed by atoms with Crippen molar-refractivity contribution in [2.75, 3.05) is 23.9 Å². The molecule has 0 radical (unpaired) electrons. The average molecular weight is 271 g/mol. The molecule has 0 saturated heterocycles. The van der Waals surface area contributed by atoms with Crippen LogP contribution in [0.2, 0.25) is 0 Å². The van der Waals surface area contributed by atoms with Crippen LogP contribution in [-0.4, -0.2) is 40.7 Å². The number of aromatic hydroxyl groups is 1. The summed E-state index contributed by atoms with van der Waals surface area (Å²) in [5.41, 5.74) is 0.425. The standard InChI is InChI=1S/C11H13NO5S/c1-17-9-3-2-7(4-8(9)13)12-10(14)5-18-6-11(15)16/h2-4,13H,5-6H2,1H3,(H,12,14)(H,15,16). The number of phenolic OH excluding ortho intramolecular Hbond substituents is 1. The molecule has 0 spiro atoms. The van der Waals surface area contributed by atoms with Gasteiger partial charge in [-0.3, -0.25) is 9.59 Å². The Morgan fingerprint density at radius 2 is 2.11 bits per heavy atom. The summed E-state index contributed by atoms with van der Waals surface area (Å²) in [5, 5.41) is 20.4. The monoisotopic (exact) mass is 271 g/mol. The van der Waals surface area contributed by atoms with Gasteiger partial charge in [-0.1, -0.05) is 0 Å². The van der Waals surface area contributed by atoms with Crippen molar-refractivity contribution in [3.63, 3.8) is 0 Å². The van der Waals surface area contributed by atoms with Crippen LogP contribution in [0.15, 0.2) is 18.2 Å². The zero-order valence-electron chi connectivity index (χ0n) is 9.67. The summed E-state index contributed by atoms with van der Waals surface area (Å²) in [6.45, 7) is 0. The number of aliphatic carboxylic acids is 1. The molecule has 1 aromatic rings. The first-order chi connectivity index (χ1) is 8.52. The van der Waals surface area contributed by atoms with Crippen molar-refractivity contribution in [2.24, 2.45) is 0 Å². The van der Waals surface area contributed by atoms with Crippen molar-refractivity contribution in [3.05, 3.63) is 18.2 Å². The summed E-state index contributed by atoms with van der Waals surface area (Å²) >= 11 is 1.00. The van der Waals surface area contributed by atoms with E-state index in [0.29, 0.717) is 11.4 Å². The number of carbonyl (C=O) groups is 2. The SMILES string of the molecule is COc1ccc(NC(=O)CSCC(=O)O)cc1O. The fraction of sp³-hybridized carbons (Fsp3) is 0.273. The Morgan fingerprint density at radius 1 is 1.39 bits per heavy atom. The van der Waals surface area contributed by atoms with E-state index in [1.54, 1.807) is 6.07 Å². The molecule has 0 heterocycles. The Labute approximate surface area is 108 Å².